The number of aromatic amines is 1. The molecule has 0 radical (unpaired) electrons. The number of hydrogen-bond donors (Lipinski definition) is 1. The number of tetrazole rings is 1. The van der Waals surface area contributed by atoms with Crippen LogP contribution in [-0.4, -0.2) is 34.7 Å². The second-order valence-electron chi connectivity index (χ2n) is 8.91. The molecule has 0 aliphatic rings. The third-order valence-corrected chi connectivity index (χ3v) is 6.54. The number of H-pyrrole nitrogens is 1. The zero-order chi connectivity index (χ0) is 24.9. The highest BCUT2D eigenvalue weighted by molar-refractivity contribution is 5.79. The minimum absolute atomic E-state index is 0.0106. The second kappa shape index (κ2) is 10.5. The normalized spacial score (nSPS) is 11.2. The largest absolute Gasteiger partial charge is 0.329 e. The quantitative estimate of drug-likeness (QED) is 0.332. The standard InChI is InChI=1S/C28H29N7O/c1-3-4-14-26-20(2)34(18-21-10-6-5-7-11-21)28(36)35(26)19-23-16-15-22(17-29-23)24-12-8-9-13-25(24)27-30-32-33-31-27/h5-13,15-17H,3-4,14,18-19H2,1-2H3,(H,30,31,32,33). The van der Waals surface area contributed by atoms with Crippen molar-refractivity contribution in [1.82, 2.24) is 34.7 Å². The first-order valence-corrected chi connectivity index (χ1v) is 12.3. The Labute approximate surface area is 209 Å². The van der Waals surface area contributed by atoms with E-state index in [4.69, 9.17) is 4.98 Å². The van der Waals surface area contributed by atoms with Crippen LogP contribution >= 0.6 is 0 Å². The Kier molecular flexibility index (Phi) is 6.84. The summed E-state index contributed by atoms with van der Waals surface area (Å²) in [7, 11) is 0. The Hall–Kier alpha value is -4.33. The van der Waals surface area contributed by atoms with Crippen LogP contribution in [0.1, 0.15) is 42.4 Å². The van der Waals surface area contributed by atoms with Crippen LogP contribution in [0.4, 0.5) is 0 Å². The number of nitrogens with one attached hydrogen (secondary N) is 1. The maximum Gasteiger partial charge on any atom is 0.329 e. The molecule has 0 atom stereocenters. The molecule has 1 N–H and O–H groups in total. The summed E-state index contributed by atoms with van der Waals surface area (Å²) in [5.74, 6) is 0.608. The molecule has 0 bridgehead atoms. The fraction of sp³-hybridized carbons (Fsp3) is 0.250. The van der Waals surface area contributed by atoms with Crippen molar-refractivity contribution < 1.29 is 0 Å². The highest BCUT2D eigenvalue weighted by Gasteiger charge is 2.18. The van der Waals surface area contributed by atoms with E-state index < -0.39 is 0 Å². The lowest BCUT2D eigenvalue weighted by atomic mass is 10.0. The van der Waals surface area contributed by atoms with Gasteiger partial charge in [0.15, 0.2) is 5.82 Å². The highest BCUT2D eigenvalue weighted by atomic mass is 16.1. The molecular weight excluding hydrogens is 450 g/mol. The van der Waals surface area contributed by atoms with Gasteiger partial charge in [-0.25, -0.2) is 9.89 Å². The van der Waals surface area contributed by atoms with Gasteiger partial charge in [0.2, 0.25) is 0 Å². The van der Waals surface area contributed by atoms with Crippen molar-refractivity contribution in [3.05, 3.63) is 106 Å². The Bertz CT molecular complexity index is 1480. The fourth-order valence-corrected chi connectivity index (χ4v) is 4.59. The Morgan fingerprint density at radius 2 is 1.67 bits per heavy atom. The van der Waals surface area contributed by atoms with Crippen LogP contribution in [0.2, 0.25) is 0 Å². The van der Waals surface area contributed by atoms with Gasteiger partial charge in [-0.3, -0.25) is 14.1 Å². The topological polar surface area (TPSA) is 94.3 Å². The van der Waals surface area contributed by atoms with Crippen LogP contribution in [0, 0.1) is 6.92 Å². The van der Waals surface area contributed by atoms with Crippen molar-refractivity contribution in [3.63, 3.8) is 0 Å². The van der Waals surface area contributed by atoms with E-state index in [-0.39, 0.29) is 5.69 Å². The monoisotopic (exact) mass is 479 g/mol. The van der Waals surface area contributed by atoms with Crippen molar-refractivity contribution in [1.29, 1.82) is 0 Å². The van der Waals surface area contributed by atoms with Crippen molar-refractivity contribution in [2.24, 2.45) is 0 Å². The number of aromatic nitrogens is 7. The molecule has 0 saturated heterocycles. The number of benzene rings is 2. The summed E-state index contributed by atoms with van der Waals surface area (Å²) in [4.78, 5) is 18.3. The molecule has 0 aliphatic heterocycles. The number of imidazole rings is 1. The molecular formula is C28H29N7O. The highest BCUT2D eigenvalue weighted by Crippen LogP contribution is 2.29. The molecule has 2 aromatic carbocycles. The van der Waals surface area contributed by atoms with Crippen molar-refractivity contribution in [2.45, 2.75) is 46.2 Å². The molecule has 5 rings (SSSR count). The van der Waals surface area contributed by atoms with Gasteiger partial charge in [-0.1, -0.05) is 74.0 Å². The van der Waals surface area contributed by atoms with Crippen molar-refractivity contribution in [2.75, 3.05) is 0 Å². The zero-order valence-electron chi connectivity index (χ0n) is 20.6. The van der Waals surface area contributed by atoms with Gasteiger partial charge < -0.3 is 0 Å². The summed E-state index contributed by atoms with van der Waals surface area (Å²) in [5, 5.41) is 14.3. The lowest BCUT2D eigenvalue weighted by Gasteiger charge is -2.10. The molecule has 8 nitrogen and oxygen atoms in total. The fourth-order valence-electron chi connectivity index (χ4n) is 4.59. The zero-order valence-corrected chi connectivity index (χ0v) is 20.6. The van der Waals surface area contributed by atoms with Crippen LogP contribution < -0.4 is 5.69 Å². The van der Waals surface area contributed by atoms with Crippen LogP contribution in [0.25, 0.3) is 22.5 Å². The summed E-state index contributed by atoms with van der Waals surface area (Å²) in [6, 6.07) is 22.1. The molecule has 0 spiro atoms. The molecule has 0 amide bonds. The third-order valence-electron chi connectivity index (χ3n) is 6.54. The maximum absolute atomic E-state index is 13.5. The minimum atomic E-state index is 0.0106. The Balaban J connectivity index is 1.45. The Morgan fingerprint density at radius 3 is 2.36 bits per heavy atom. The van der Waals surface area contributed by atoms with Crippen LogP contribution in [0.3, 0.4) is 0 Å². The van der Waals surface area contributed by atoms with E-state index in [1.807, 2.05) is 69.9 Å². The Morgan fingerprint density at radius 1 is 0.889 bits per heavy atom. The second-order valence-corrected chi connectivity index (χ2v) is 8.91. The van der Waals surface area contributed by atoms with E-state index in [0.717, 1.165) is 58.6 Å². The lowest BCUT2D eigenvalue weighted by molar-refractivity contribution is 0.646. The van der Waals surface area contributed by atoms with Gasteiger partial charge in [0.1, 0.15) is 0 Å². The summed E-state index contributed by atoms with van der Waals surface area (Å²) in [5.41, 5.74) is 6.94. The number of hydrogen-bond acceptors (Lipinski definition) is 5. The number of unbranched alkanes of at least 4 members (excludes halogenated alkanes) is 1. The molecule has 0 saturated carbocycles. The number of nitrogens with zero attached hydrogens (tertiary/aromatic N) is 6. The number of pyridine rings is 1. The first-order valence-electron chi connectivity index (χ1n) is 12.3. The van der Waals surface area contributed by atoms with Crippen LogP contribution in [0.15, 0.2) is 77.7 Å². The van der Waals surface area contributed by atoms with E-state index in [0.29, 0.717) is 18.9 Å². The molecule has 36 heavy (non-hydrogen) atoms. The van der Waals surface area contributed by atoms with Gasteiger partial charge >= 0.3 is 5.69 Å². The summed E-state index contributed by atoms with van der Waals surface area (Å²) < 4.78 is 3.78. The van der Waals surface area contributed by atoms with E-state index >= 15 is 0 Å². The summed E-state index contributed by atoms with van der Waals surface area (Å²) in [6.45, 7) is 5.23. The average molecular weight is 480 g/mol. The predicted molar refractivity (Wildman–Crippen MR) is 140 cm³/mol. The summed E-state index contributed by atoms with van der Waals surface area (Å²) in [6.07, 6.45) is 4.83. The van der Waals surface area contributed by atoms with Crippen LogP contribution in [-0.2, 0) is 19.5 Å². The van der Waals surface area contributed by atoms with Gasteiger partial charge in [0, 0.05) is 28.7 Å². The molecule has 182 valence electrons. The summed E-state index contributed by atoms with van der Waals surface area (Å²) >= 11 is 0. The molecule has 3 heterocycles. The van der Waals surface area contributed by atoms with E-state index in [1.54, 1.807) is 0 Å². The maximum atomic E-state index is 13.5. The third kappa shape index (κ3) is 4.75. The lowest BCUT2D eigenvalue weighted by Crippen LogP contribution is -2.26. The van der Waals surface area contributed by atoms with Gasteiger partial charge in [-0.15, -0.1) is 5.10 Å². The molecule has 0 unspecified atom stereocenters. The van der Waals surface area contributed by atoms with Gasteiger partial charge in [-0.2, -0.15) is 0 Å². The average Bonchev–Trinajstić information content (AvgIpc) is 3.53. The number of rotatable bonds is 9. The molecule has 0 fully saturated rings. The first kappa shape index (κ1) is 23.4. The van der Waals surface area contributed by atoms with E-state index in [1.165, 1.54) is 0 Å². The predicted octanol–water partition coefficient (Wildman–Crippen LogP) is 4.64. The van der Waals surface area contributed by atoms with Gasteiger partial charge in [-0.05, 0) is 47.4 Å². The van der Waals surface area contributed by atoms with Crippen LogP contribution in [0.5, 0.6) is 0 Å². The molecule has 3 aromatic heterocycles. The molecule has 0 aliphatic carbocycles. The SMILES string of the molecule is CCCCc1c(C)n(Cc2ccccc2)c(=O)n1Cc1ccc(-c2ccccc2-c2nnn[nH]2)cn1. The van der Waals surface area contributed by atoms with Gasteiger partial charge in [0.25, 0.3) is 0 Å². The molecule has 8 heteroatoms. The van der Waals surface area contributed by atoms with E-state index in [9.17, 15) is 4.79 Å². The van der Waals surface area contributed by atoms with Gasteiger partial charge in [0.05, 0.1) is 18.8 Å². The van der Waals surface area contributed by atoms with E-state index in [2.05, 4.69) is 46.6 Å². The first-order chi connectivity index (χ1) is 17.7. The smallest absolute Gasteiger partial charge is 0.292 e. The van der Waals surface area contributed by atoms with Crippen molar-refractivity contribution in [3.8, 4) is 22.5 Å². The van der Waals surface area contributed by atoms with Crippen molar-refractivity contribution >= 4 is 0 Å². The minimum Gasteiger partial charge on any atom is -0.292 e. The molecule has 5 aromatic rings.